The van der Waals surface area contributed by atoms with E-state index in [4.69, 9.17) is 19.4 Å². The lowest BCUT2D eigenvalue weighted by Gasteiger charge is -2.10. The second-order valence-corrected chi connectivity index (χ2v) is 6.15. The lowest BCUT2D eigenvalue weighted by Crippen LogP contribution is -1.97. The highest BCUT2D eigenvalue weighted by Crippen LogP contribution is 2.37. The molecule has 2 aromatic heterocycles. The summed E-state index contributed by atoms with van der Waals surface area (Å²) in [5.41, 5.74) is 4.39. The molecule has 0 fully saturated rings. The number of pyridine rings is 1. The van der Waals surface area contributed by atoms with Crippen LogP contribution in [0.4, 0.5) is 0 Å². The zero-order valence-corrected chi connectivity index (χ0v) is 14.1. The molecule has 0 saturated heterocycles. The Hall–Kier alpha value is -3.47. The Bertz CT molecular complexity index is 1140. The molecule has 1 aliphatic heterocycles. The van der Waals surface area contributed by atoms with Gasteiger partial charge < -0.3 is 9.47 Å². The van der Waals surface area contributed by atoms with E-state index in [-0.39, 0.29) is 6.79 Å². The van der Waals surface area contributed by atoms with Gasteiger partial charge in [-0.2, -0.15) is 0 Å². The first-order valence-electron chi connectivity index (χ1n) is 8.39. The first-order chi connectivity index (χ1) is 12.8. The third-order valence-electron chi connectivity index (χ3n) is 4.37. The highest BCUT2D eigenvalue weighted by molar-refractivity contribution is 5.93. The van der Waals surface area contributed by atoms with Gasteiger partial charge in [0.15, 0.2) is 17.3 Å². The molecule has 0 N–H and O–H groups in total. The molecule has 0 bridgehead atoms. The van der Waals surface area contributed by atoms with E-state index >= 15 is 0 Å². The molecule has 5 heteroatoms. The van der Waals surface area contributed by atoms with Crippen LogP contribution in [0.2, 0.25) is 0 Å². The molecular formula is C21H15N3O2. The fraction of sp³-hybridized carbons (Fsp3) is 0.0952. The zero-order valence-electron chi connectivity index (χ0n) is 14.1. The molecule has 1 aliphatic rings. The molecule has 5 rings (SSSR count). The molecule has 3 heterocycles. The first kappa shape index (κ1) is 14.8. The maximum atomic E-state index is 5.53. The van der Waals surface area contributed by atoms with Crippen LogP contribution in [0.15, 0.2) is 60.7 Å². The van der Waals surface area contributed by atoms with E-state index in [1.165, 1.54) is 0 Å². The summed E-state index contributed by atoms with van der Waals surface area (Å²) in [6.07, 6.45) is 0. The third-order valence-corrected chi connectivity index (χ3v) is 4.37. The first-order valence-corrected chi connectivity index (χ1v) is 8.39. The van der Waals surface area contributed by atoms with Crippen LogP contribution >= 0.6 is 0 Å². The minimum absolute atomic E-state index is 0.252. The standard InChI is InChI=1S/C21H15N3O2/c1-13-5-4-8-17(22-13)21-23-16-7-3-2-6-15(16)20(24-21)14-9-10-18-19(11-14)26-12-25-18/h2-11H,12H2,1H3. The molecule has 0 radical (unpaired) electrons. The average molecular weight is 341 g/mol. The van der Waals surface area contributed by atoms with Gasteiger partial charge in [-0.1, -0.05) is 24.3 Å². The van der Waals surface area contributed by atoms with Crippen LogP contribution in [0, 0.1) is 6.92 Å². The summed E-state index contributed by atoms with van der Waals surface area (Å²) in [4.78, 5) is 14.1. The van der Waals surface area contributed by atoms with Crippen LogP contribution in [-0.2, 0) is 0 Å². The number of hydrogen-bond acceptors (Lipinski definition) is 5. The number of ether oxygens (including phenoxy) is 2. The van der Waals surface area contributed by atoms with Gasteiger partial charge in [-0.15, -0.1) is 0 Å². The summed E-state index contributed by atoms with van der Waals surface area (Å²) in [7, 11) is 0. The van der Waals surface area contributed by atoms with E-state index in [2.05, 4.69) is 4.98 Å². The predicted octanol–water partition coefficient (Wildman–Crippen LogP) is 4.40. The summed E-state index contributed by atoms with van der Waals surface area (Å²) in [6.45, 7) is 2.21. The molecule has 126 valence electrons. The summed E-state index contributed by atoms with van der Waals surface area (Å²) < 4.78 is 10.9. The zero-order chi connectivity index (χ0) is 17.5. The molecular weight excluding hydrogens is 326 g/mol. The number of para-hydroxylation sites is 1. The minimum Gasteiger partial charge on any atom is -0.454 e. The van der Waals surface area contributed by atoms with Gasteiger partial charge >= 0.3 is 0 Å². The Morgan fingerprint density at radius 2 is 1.69 bits per heavy atom. The SMILES string of the molecule is Cc1cccc(-c2nc(-c3ccc4c(c3)OCO4)c3ccccc3n2)n1. The van der Waals surface area contributed by atoms with Crippen molar-refractivity contribution in [3.05, 3.63) is 66.4 Å². The van der Waals surface area contributed by atoms with Crippen molar-refractivity contribution in [1.29, 1.82) is 0 Å². The van der Waals surface area contributed by atoms with Gasteiger partial charge in [-0.25, -0.2) is 15.0 Å². The van der Waals surface area contributed by atoms with E-state index in [9.17, 15) is 0 Å². The van der Waals surface area contributed by atoms with Crippen LogP contribution < -0.4 is 9.47 Å². The topological polar surface area (TPSA) is 57.1 Å². The quantitative estimate of drug-likeness (QED) is 0.541. The van der Waals surface area contributed by atoms with Gasteiger partial charge in [0, 0.05) is 16.6 Å². The molecule has 0 spiro atoms. The summed E-state index contributed by atoms with van der Waals surface area (Å²) in [5.74, 6) is 2.10. The number of nitrogens with zero attached hydrogens (tertiary/aromatic N) is 3. The van der Waals surface area contributed by atoms with Crippen molar-refractivity contribution in [1.82, 2.24) is 15.0 Å². The predicted molar refractivity (Wildman–Crippen MR) is 99.1 cm³/mol. The van der Waals surface area contributed by atoms with Crippen molar-refractivity contribution < 1.29 is 9.47 Å². The van der Waals surface area contributed by atoms with Gasteiger partial charge in [0.25, 0.3) is 0 Å². The summed E-state index contributed by atoms with van der Waals surface area (Å²) in [5, 5.41) is 0.989. The van der Waals surface area contributed by atoms with Gasteiger partial charge in [0.05, 0.1) is 11.2 Å². The highest BCUT2D eigenvalue weighted by atomic mass is 16.7. The Morgan fingerprint density at radius 3 is 2.62 bits per heavy atom. The van der Waals surface area contributed by atoms with Crippen LogP contribution in [0.1, 0.15) is 5.69 Å². The lowest BCUT2D eigenvalue weighted by molar-refractivity contribution is 0.174. The molecule has 0 aliphatic carbocycles. The molecule has 4 aromatic rings. The molecule has 0 saturated carbocycles. The largest absolute Gasteiger partial charge is 0.454 e. The molecule has 26 heavy (non-hydrogen) atoms. The van der Waals surface area contributed by atoms with E-state index in [0.29, 0.717) is 5.82 Å². The highest BCUT2D eigenvalue weighted by Gasteiger charge is 2.17. The summed E-state index contributed by atoms with van der Waals surface area (Å²) >= 11 is 0. The van der Waals surface area contributed by atoms with Crippen molar-refractivity contribution in [3.8, 4) is 34.3 Å². The smallest absolute Gasteiger partial charge is 0.231 e. The third kappa shape index (κ3) is 2.45. The van der Waals surface area contributed by atoms with Gasteiger partial charge in [-0.3, -0.25) is 0 Å². The average Bonchev–Trinajstić information content (AvgIpc) is 3.15. The second-order valence-electron chi connectivity index (χ2n) is 6.15. The van der Waals surface area contributed by atoms with E-state index < -0.39 is 0 Å². The van der Waals surface area contributed by atoms with Crippen molar-refractivity contribution >= 4 is 10.9 Å². The Kier molecular flexibility index (Phi) is 3.31. The van der Waals surface area contributed by atoms with E-state index in [1.54, 1.807) is 0 Å². The number of fused-ring (bicyclic) bond motifs is 2. The number of aryl methyl sites for hydroxylation is 1. The van der Waals surface area contributed by atoms with Crippen molar-refractivity contribution in [2.75, 3.05) is 6.79 Å². The normalized spacial score (nSPS) is 12.5. The fourth-order valence-corrected chi connectivity index (χ4v) is 3.12. The number of hydrogen-bond donors (Lipinski definition) is 0. The van der Waals surface area contributed by atoms with E-state index in [1.807, 2.05) is 67.6 Å². The minimum atomic E-state index is 0.252. The fourth-order valence-electron chi connectivity index (χ4n) is 3.12. The monoisotopic (exact) mass is 341 g/mol. The number of aromatic nitrogens is 3. The van der Waals surface area contributed by atoms with Gasteiger partial charge in [-0.05, 0) is 43.3 Å². The molecule has 2 aromatic carbocycles. The van der Waals surface area contributed by atoms with Crippen molar-refractivity contribution in [3.63, 3.8) is 0 Å². The second kappa shape index (κ2) is 5.81. The Morgan fingerprint density at radius 1 is 0.808 bits per heavy atom. The molecule has 0 unspecified atom stereocenters. The Labute approximate surface area is 150 Å². The van der Waals surface area contributed by atoms with Crippen molar-refractivity contribution in [2.45, 2.75) is 6.92 Å². The maximum absolute atomic E-state index is 5.53. The van der Waals surface area contributed by atoms with Gasteiger partial charge in [0.1, 0.15) is 5.69 Å². The van der Waals surface area contributed by atoms with Crippen LogP contribution in [0.5, 0.6) is 11.5 Å². The lowest BCUT2D eigenvalue weighted by atomic mass is 10.1. The maximum Gasteiger partial charge on any atom is 0.231 e. The van der Waals surface area contributed by atoms with Crippen molar-refractivity contribution in [2.24, 2.45) is 0 Å². The van der Waals surface area contributed by atoms with Crippen LogP contribution in [0.3, 0.4) is 0 Å². The van der Waals surface area contributed by atoms with Crippen LogP contribution in [0.25, 0.3) is 33.7 Å². The van der Waals surface area contributed by atoms with Gasteiger partial charge in [0.2, 0.25) is 6.79 Å². The molecule has 5 nitrogen and oxygen atoms in total. The number of rotatable bonds is 2. The van der Waals surface area contributed by atoms with E-state index in [0.717, 1.165) is 45.0 Å². The summed E-state index contributed by atoms with van der Waals surface area (Å²) in [6, 6.07) is 19.7. The Balaban J connectivity index is 1.76. The number of benzene rings is 2. The van der Waals surface area contributed by atoms with Crippen LogP contribution in [-0.4, -0.2) is 21.7 Å². The molecule has 0 amide bonds. The molecule has 0 atom stereocenters.